The van der Waals surface area contributed by atoms with Crippen LogP contribution in [0.3, 0.4) is 0 Å². The minimum absolute atomic E-state index is 0.238. The van der Waals surface area contributed by atoms with Crippen LogP contribution in [0.15, 0.2) is 30.3 Å². The van der Waals surface area contributed by atoms with E-state index < -0.39 is 24.5 Å². The van der Waals surface area contributed by atoms with Gasteiger partial charge in [0.2, 0.25) is 0 Å². The molecule has 1 heterocycles. The topological polar surface area (TPSA) is 90.9 Å². The Bertz CT molecular complexity index is 831. The van der Waals surface area contributed by atoms with Crippen LogP contribution in [0.1, 0.15) is 34.6 Å². The molecule has 150 valence electrons. The van der Waals surface area contributed by atoms with Crippen molar-refractivity contribution in [3.63, 3.8) is 0 Å². The predicted molar refractivity (Wildman–Crippen MR) is 106 cm³/mol. The van der Waals surface area contributed by atoms with Crippen molar-refractivity contribution >= 4 is 34.2 Å². The number of esters is 2. The van der Waals surface area contributed by atoms with Crippen molar-refractivity contribution in [1.82, 2.24) is 0 Å². The van der Waals surface area contributed by atoms with Gasteiger partial charge >= 0.3 is 11.9 Å². The Labute approximate surface area is 167 Å². The highest BCUT2D eigenvalue weighted by atomic mass is 32.1. The van der Waals surface area contributed by atoms with Crippen LogP contribution >= 0.6 is 11.3 Å². The monoisotopic (exact) mass is 405 g/mol. The summed E-state index contributed by atoms with van der Waals surface area (Å²) in [5, 5.41) is 3.03. The zero-order valence-corrected chi connectivity index (χ0v) is 16.9. The number of hydrogen-bond acceptors (Lipinski definition) is 7. The van der Waals surface area contributed by atoms with Gasteiger partial charge in [-0.2, -0.15) is 0 Å². The van der Waals surface area contributed by atoms with E-state index >= 15 is 0 Å². The summed E-state index contributed by atoms with van der Waals surface area (Å²) in [4.78, 5) is 37.1. The Hall–Kier alpha value is -2.87. The van der Waals surface area contributed by atoms with E-state index in [0.717, 1.165) is 16.9 Å². The molecule has 0 aliphatic heterocycles. The molecule has 0 spiro atoms. The van der Waals surface area contributed by atoms with E-state index in [0.29, 0.717) is 16.3 Å². The van der Waals surface area contributed by atoms with Crippen LogP contribution in [-0.2, 0) is 25.5 Å². The Balaban J connectivity index is 1.91. The van der Waals surface area contributed by atoms with E-state index in [1.54, 1.807) is 31.2 Å². The number of benzene rings is 1. The first-order valence-corrected chi connectivity index (χ1v) is 9.70. The fourth-order valence-electron chi connectivity index (χ4n) is 2.44. The van der Waals surface area contributed by atoms with Gasteiger partial charge in [0.25, 0.3) is 5.91 Å². The summed E-state index contributed by atoms with van der Waals surface area (Å²) in [5.74, 6) is -1.16. The number of thiophene rings is 1. The van der Waals surface area contributed by atoms with Crippen molar-refractivity contribution in [3.8, 4) is 5.75 Å². The molecule has 0 aliphatic rings. The highest BCUT2D eigenvalue weighted by Gasteiger charge is 2.23. The molecule has 0 fully saturated rings. The quantitative estimate of drug-likeness (QED) is 0.644. The Morgan fingerprint density at radius 3 is 2.39 bits per heavy atom. The van der Waals surface area contributed by atoms with Gasteiger partial charge in [-0.3, -0.25) is 4.79 Å². The van der Waals surface area contributed by atoms with Gasteiger partial charge in [-0.25, -0.2) is 9.59 Å². The Morgan fingerprint density at radius 1 is 1.04 bits per heavy atom. The van der Waals surface area contributed by atoms with Gasteiger partial charge in [-0.05, 0) is 38.0 Å². The van der Waals surface area contributed by atoms with Crippen molar-refractivity contribution < 1.29 is 28.6 Å². The van der Waals surface area contributed by atoms with Gasteiger partial charge in [-0.1, -0.05) is 25.1 Å². The van der Waals surface area contributed by atoms with Crippen molar-refractivity contribution in [2.24, 2.45) is 0 Å². The van der Waals surface area contributed by atoms with Gasteiger partial charge in [-0.15, -0.1) is 11.3 Å². The molecule has 7 nitrogen and oxygen atoms in total. The van der Waals surface area contributed by atoms with Crippen LogP contribution in [0.2, 0.25) is 0 Å². The van der Waals surface area contributed by atoms with Gasteiger partial charge in [0, 0.05) is 4.88 Å². The molecule has 0 unspecified atom stereocenters. The number of carbonyl (C=O) groups is 3. The first-order valence-electron chi connectivity index (χ1n) is 8.88. The molecule has 1 aromatic carbocycles. The average Bonchev–Trinajstić information content (AvgIpc) is 3.00. The van der Waals surface area contributed by atoms with Crippen LogP contribution in [0.5, 0.6) is 5.75 Å². The molecular formula is C20H23NO6S. The molecule has 1 amide bonds. The molecule has 8 heteroatoms. The second kappa shape index (κ2) is 10.5. The number of carbonyl (C=O) groups excluding carboxylic acids is 3. The Morgan fingerprint density at radius 2 is 1.75 bits per heavy atom. The summed E-state index contributed by atoms with van der Waals surface area (Å²) < 4.78 is 15.3. The molecule has 2 rings (SSSR count). The number of nitrogens with one attached hydrogen (secondary N) is 1. The summed E-state index contributed by atoms with van der Waals surface area (Å²) in [6, 6.07) is 8.81. The van der Waals surface area contributed by atoms with Crippen molar-refractivity contribution in [2.75, 3.05) is 25.1 Å². The molecule has 0 bridgehead atoms. The number of anilines is 1. The number of ether oxygens (including phenoxy) is 3. The second-order valence-corrected chi connectivity index (χ2v) is 6.84. The normalized spacial score (nSPS) is 10.2. The molecule has 0 atom stereocenters. The van der Waals surface area contributed by atoms with Crippen LogP contribution in [0.25, 0.3) is 0 Å². The maximum absolute atomic E-state index is 12.2. The molecule has 1 N–H and O–H groups in total. The first kappa shape index (κ1) is 21.4. The van der Waals surface area contributed by atoms with Crippen LogP contribution in [0.4, 0.5) is 5.00 Å². The summed E-state index contributed by atoms with van der Waals surface area (Å²) >= 11 is 1.31. The molecule has 28 heavy (non-hydrogen) atoms. The zero-order chi connectivity index (χ0) is 20.5. The minimum atomic E-state index is -0.666. The van der Waals surface area contributed by atoms with E-state index in [2.05, 4.69) is 5.32 Å². The number of amides is 1. The average molecular weight is 405 g/mol. The third kappa shape index (κ3) is 5.82. The lowest BCUT2D eigenvalue weighted by Crippen LogP contribution is -2.24. The van der Waals surface area contributed by atoms with Crippen molar-refractivity contribution in [2.45, 2.75) is 27.2 Å². The van der Waals surface area contributed by atoms with Gasteiger partial charge < -0.3 is 19.5 Å². The second-order valence-electron chi connectivity index (χ2n) is 5.74. The molecule has 0 radical (unpaired) electrons. The highest BCUT2D eigenvalue weighted by molar-refractivity contribution is 7.17. The van der Waals surface area contributed by atoms with Gasteiger partial charge in [0.15, 0.2) is 13.2 Å². The van der Waals surface area contributed by atoms with Gasteiger partial charge in [0.1, 0.15) is 10.8 Å². The fourth-order valence-corrected chi connectivity index (χ4v) is 3.59. The van der Waals surface area contributed by atoms with E-state index in [4.69, 9.17) is 14.2 Å². The maximum atomic E-state index is 12.2. The van der Waals surface area contributed by atoms with Crippen molar-refractivity contribution in [1.29, 1.82) is 0 Å². The van der Waals surface area contributed by atoms with Crippen LogP contribution in [0, 0.1) is 6.92 Å². The van der Waals surface area contributed by atoms with E-state index in [1.807, 2.05) is 19.9 Å². The van der Waals surface area contributed by atoms with E-state index in [-0.39, 0.29) is 13.2 Å². The largest absolute Gasteiger partial charge is 0.482 e. The zero-order valence-electron chi connectivity index (χ0n) is 16.1. The van der Waals surface area contributed by atoms with Crippen LogP contribution in [-0.4, -0.2) is 37.7 Å². The third-order valence-corrected chi connectivity index (χ3v) is 5.11. The fraction of sp³-hybridized carbons (Fsp3) is 0.350. The number of hydrogen-bond donors (Lipinski definition) is 1. The lowest BCUT2D eigenvalue weighted by atomic mass is 10.1. The lowest BCUT2D eigenvalue weighted by Gasteiger charge is -2.08. The molecule has 0 saturated carbocycles. The van der Waals surface area contributed by atoms with Gasteiger partial charge in [0.05, 0.1) is 12.2 Å². The summed E-state index contributed by atoms with van der Waals surface area (Å²) in [6.45, 7) is 4.96. The molecule has 1 aromatic heterocycles. The van der Waals surface area contributed by atoms with Crippen molar-refractivity contribution in [3.05, 3.63) is 46.3 Å². The molecule has 2 aromatic rings. The maximum Gasteiger partial charge on any atom is 0.344 e. The first-order chi connectivity index (χ1) is 13.5. The molecule has 0 aliphatic carbocycles. The summed E-state index contributed by atoms with van der Waals surface area (Å²) in [5.41, 5.74) is 1.13. The van der Waals surface area contributed by atoms with Crippen LogP contribution < -0.4 is 10.1 Å². The highest BCUT2D eigenvalue weighted by Crippen LogP contribution is 2.34. The number of aryl methyl sites for hydroxylation is 1. The Kier molecular flexibility index (Phi) is 8.01. The summed E-state index contributed by atoms with van der Waals surface area (Å²) in [6.07, 6.45) is 0.727. The number of para-hydroxylation sites is 1. The third-order valence-electron chi connectivity index (χ3n) is 3.76. The van der Waals surface area contributed by atoms with E-state index in [1.165, 1.54) is 11.3 Å². The molecule has 0 saturated heterocycles. The predicted octanol–water partition coefficient (Wildman–Crippen LogP) is 3.36. The molecular weight excluding hydrogens is 382 g/mol. The minimum Gasteiger partial charge on any atom is -0.482 e. The standard InChI is InChI=1S/C20H23NO6S/c1-4-15-13(3)18(20(24)25-5-2)19(28-15)21-16(22)11-27-17(23)12-26-14-9-7-6-8-10-14/h6-10H,4-5,11-12H2,1-3H3,(H,21,22). The lowest BCUT2D eigenvalue weighted by molar-refractivity contribution is -0.149. The number of rotatable bonds is 9. The SMILES string of the molecule is CCOC(=O)c1c(NC(=O)COC(=O)COc2ccccc2)sc(CC)c1C. The smallest absolute Gasteiger partial charge is 0.344 e. The summed E-state index contributed by atoms with van der Waals surface area (Å²) in [7, 11) is 0. The van der Waals surface area contributed by atoms with E-state index in [9.17, 15) is 14.4 Å².